The maximum absolute atomic E-state index is 13.8. The Bertz CT molecular complexity index is 588. The van der Waals surface area contributed by atoms with Crippen molar-refractivity contribution in [3.05, 3.63) is 58.9 Å². The largest absolute Gasteiger partial charge is 0.491 e. The quantitative estimate of drug-likeness (QED) is 0.833. The van der Waals surface area contributed by atoms with Gasteiger partial charge in [0.1, 0.15) is 0 Å². The molecule has 0 aliphatic rings. The smallest absolute Gasteiger partial charge is 0.167 e. The molecule has 0 saturated heterocycles. The molecule has 0 amide bonds. The van der Waals surface area contributed by atoms with Gasteiger partial charge in [0.15, 0.2) is 11.6 Å². The highest BCUT2D eigenvalue weighted by Gasteiger charge is 2.10. The first-order valence-electron chi connectivity index (χ1n) is 6.55. The Morgan fingerprint density at radius 3 is 2.65 bits per heavy atom. The van der Waals surface area contributed by atoms with E-state index in [2.05, 4.69) is 5.32 Å². The SMILES string of the molecule is CCOc1ccc(NC(C)c2ccccc2Cl)cc1F. The fraction of sp³-hybridized carbons (Fsp3) is 0.250. The summed E-state index contributed by atoms with van der Waals surface area (Å²) in [5.41, 5.74) is 1.67. The van der Waals surface area contributed by atoms with E-state index in [0.29, 0.717) is 17.3 Å². The van der Waals surface area contributed by atoms with Crippen molar-refractivity contribution >= 4 is 17.3 Å². The van der Waals surface area contributed by atoms with E-state index >= 15 is 0 Å². The van der Waals surface area contributed by atoms with Gasteiger partial charge in [0.2, 0.25) is 0 Å². The second kappa shape index (κ2) is 6.62. The zero-order valence-electron chi connectivity index (χ0n) is 11.5. The fourth-order valence-corrected chi connectivity index (χ4v) is 2.32. The van der Waals surface area contributed by atoms with Gasteiger partial charge in [0, 0.05) is 22.8 Å². The van der Waals surface area contributed by atoms with Gasteiger partial charge in [-0.1, -0.05) is 29.8 Å². The van der Waals surface area contributed by atoms with E-state index in [0.717, 1.165) is 5.56 Å². The molecule has 2 aromatic rings. The lowest BCUT2D eigenvalue weighted by Gasteiger charge is -2.17. The van der Waals surface area contributed by atoms with Crippen molar-refractivity contribution < 1.29 is 9.13 Å². The van der Waals surface area contributed by atoms with E-state index in [4.69, 9.17) is 16.3 Å². The van der Waals surface area contributed by atoms with Crippen molar-refractivity contribution in [3.63, 3.8) is 0 Å². The first kappa shape index (κ1) is 14.7. The molecule has 0 bridgehead atoms. The number of anilines is 1. The van der Waals surface area contributed by atoms with Crippen LogP contribution < -0.4 is 10.1 Å². The molecule has 0 radical (unpaired) electrons. The maximum atomic E-state index is 13.8. The number of ether oxygens (including phenoxy) is 1. The highest BCUT2D eigenvalue weighted by atomic mass is 35.5. The molecule has 0 spiro atoms. The Hall–Kier alpha value is -1.74. The van der Waals surface area contributed by atoms with Crippen molar-refractivity contribution in [2.24, 2.45) is 0 Å². The van der Waals surface area contributed by atoms with E-state index in [-0.39, 0.29) is 17.6 Å². The van der Waals surface area contributed by atoms with Crippen LogP contribution in [0.2, 0.25) is 5.02 Å². The Balaban J connectivity index is 2.14. The van der Waals surface area contributed by atoms with E-state index in [1.54, 1.807) is 12.1 Å². The van der Waals surface area contributed by atoms with Crippen LogP contribution in [0.1, 0.15) is 25.5 Å². The van der Waals surface area contributed by atoms with Crippen LogP contribution in [0.15, 0.2) is 42.5 Å². The van der Waals surface area contributed by atoms with E-state index in [1.165, 1.54) is 6.07 Å². The Kier molecular flexibility index (Phi) is 4.85. The minimum atomic E-state index is -0.372. The van der Waals surface area contributed by atoms with Gasteiger partial charge in [-0.15, -0.1) is 0 Å². The van der Waals surface area contributed by atoms with Crippen LogP contribution in [-0.2, 0) is 0 Å². The molecule has 1 unspecified atom stereocenters. The summed E-state index contributed by atoms with van der Waals surface area (Å²) in [5, 5.41) is 3.92. The van der Waals surface area contributed by atoms with Crippen LogP contribution in [0, 0.1) is 5.82 Å². The molecule has 106 valence electrons. The monoisotopic (exact) mass is 293 g/mol. The standard InChI is InChI=1S/C16H17ClFNO/c1-3-20-16-9-8-12(10-15(16)18)19-11(2)13-6-4-5-7-14(13)17/h4-11,19H,3H2,1-2H3. The minimum Gasteiger partial charge on any atom is -0.491 e. The number of halogens is 2. The van der Waals surface area contributed by atoms with Crippen LogP contribution in [-0.4, -0.2) is 6.61 Å². The molecule has 1 N–H and O–H groups in total. The Morgan fingerprint density at radius 2 is 2.00 bits per heavy atom. The van der Waals surface area contributed by atoms with Gasteiger partial charge in [-0.05, 0) is 37.6 Å². The van der Waals surface area contributed by atoms with Crippen LogP contribution in [0.25, 0.3) is 0 Å². The number of hydrogen-bond donors (Lipinski definition) is 1. The first-order chi connectivity index (χ1) is 9.61. The van der Waals surface area contributed by atoms with Crippen LogP contribution in [0.3, 0.4) is 0 Å². The second-order valence-corrected chi connectivity index (χ2v) is 4.87. The summed E-state index contributed by atoms with van der Waals surface area (Å²) in [6, 6.07) is 12.4. The second-order valence-electron chi connectivity index (χ2n) is 4.47. The number of hydrogen-bond acceptors (Lipinski definition) is 2. The van der Waals surface area contributed by atoms with Crippen molar-refractivity contribution in [2.45, 2.75) is 19.9 Å². The third-order valence-corrected chi connectivity index (χ3v) is 3.33. The summed E-state index contributed by atoms with van der Waals surface area (Å²) in [4.78, 5) is 0. The summed E-state index contributed by atoms with van der Waals surface area (Å²) in [7, 11) is 0. The lowest BCUT2D eigenvalue weighted by Crippen LogP contribution is -2.07. The van der Waals surface area contributed by atoms with E-state index < -0.39 is 0 Å². The molecule has 2 nitrogen and oxygen atoms in total. The van der Waals surface area contributed by atoms with Gasteiger partial charge in [0.25, 0.3) is 0 Å². The first-order valence-corrected chi connectivity index (χ1v) is 6.93. The van der Waals surface area contributed by atoms with Crippen LogP contribution >= 0.6 is 11.6 Å². The normalized spacial score (nSPS) is 12.0. The molecule has 0 aliphatic heterocycles. The van der Waals surface area contributed by atoms with Gasteiger partial charge in [-0.25, -0.2) is 4.39 Å². The molecule has 2 rings (SSSR count). The highest BCUT2D eigenvalue weighted by molar-refractivity contribution is 6.31. The van der Waals surface area contributed by atoms with Crippen molar-refractivity contribution in [3.8, 4) is 5.75 Å². The summed E-state index contributed by atoms with van der Waals surface area (Å²) < 4.78 is 19.0. The van der Waals surface area contributed by atoms with Gasteiger partial charge in [-0.2, -0.15) is 0 Å². The topological polar surface area (TPSA) is 21.3 Å². The van der Waals surface area contributed by atoms with Gasteiger partial charge < -0.3 is 10.1 Å². The third-order valence-electron chi connectivity index (χ3n) is 2.99. The third kappa shape index (κ3) is 3.42. The number of benzene rings is 2. The minimum absolute atomic E-state index is 0.0129. The summed E-state index contributed by atoms with van der Waals surface area (Å²) >= 11 is 6.15. The zero-order valence-corrected chi connectivity index (χ0v) is 12.2. The molecule has 1 atom stereocenters. The van der Waals surface area contributed by atoms with E-state index in [1.807, 2.05) is 38.1 Å². The van der Waals surface area contributed by atoms with Crippen LogP contribution in [0.5, 0.6) is 5.75 Å². The average molecular weight is 294 g/mol. The molecule has 0 heterocycles. The molecule has 4 heteroatoms. The predicted octanol–water partition coefficient (Wildman–Crippen LogP) is 5.05. The highest BCUT2D eigenvalue weighted by Crippen LogP contribution is 2.27. The van der Waals surface area contributed by atoms with Crippen molar-refractivity contribution in [1.82, 2.24) is 0 Å². The maximum Gasteiger partial charge on any atom is 0.167 e. The average Bonchev–Trinajstić information content (AvgIpc) is 2.42. The van der Waals surface area contributed by atoms with Crippen LogP contribution in [0.4, 0.5) is 10.1 Å². The molecular formula is C16H17ClFNO. The summed E-state index contributed by atoms with van der Waals surface area (Å²) in [5.74, 6) is -0.105. The molecule has 0 fully saturated rings. The van der Waals surface area contributed by atoms with Gasteiger partial charge >= 0.3 is 0 Å². The molecular weight excluding hydrogens is 277 g/mol. The summed E-state index contributed by atoms with van der Waals surface area (Å²) in [6.07, 6.45) is 0. The zero-order chi connectivity index (χ0) is 14.5. The summed E-state index contributed by atoms with van der Waals surface area (Å²) in [6.45, 7) is 4.25. The molecule has 20 heavy (non-hydrogen) atoms. The Labute approximate surface area is 123 Å². The van der Waals surface area contributed by atoms with Crippen molar-refractivity contribution in [1.29, 1.82) is 0 Å². The van der Waals surface area contributed by atoms with Gasteiger partial charge in [0.05, 0.1) is 6.61 Å². The lowest BCUT2D eigenvalue weighted by molar-refractivity contribution is 0.321. The molecule has 0 saturated carbocycles. The molecule has 2 aromatic carbocycles. The van der Waals surface area contributed by atoms with E-state index in [9.17, 15) is 4.39 Å². The number of nitrogens with one attached hydrogen (secondary N) is 1. The number of rotatable bonds is 5. The van der Waals surface area contributed by atoms with Gasteiger partial charge in [-0.3, -0.25) is 0 Å². The fourth-order valence-electron chi connectivity index (χ4n) is 2.02. The lowest BCUT2D eigenvalue weighted by atomic mass is 10.1. The predicted molar refractivity (Wildman–Crippen MR) is 81.1 cm³/mol. The Morgan fingerprint density at radius 1 is 1.25 bits per heavy atom. The molecule has 0 aromatic heterocycles. The molecule has 0 aliphatic carbocycles. The van der Waals surface area contributed by atoms with Crippen molar-refractivity contribution in [2.75, 3.05) is 11.9 Å².